The van der Waals surface area contributed by atoms with Gasteiger partial charge in [-0.1, -0.05) is 22.6 Å². The molecule has 0 aromatic carbocycles. The number of hydrogen-bond donors (Lipinski definition) is 3. The number of rotatable bonds is 4. The van der Waals surface area contributed by atoms with Crippen LogP contribution in [0, 0.1) is 0 Å². The summed E-state index contributed by atoms with van der Waals surface area (Å²) in [7, 11) is 0. The van der Waals surface area contributed by atoms with Gasteiger partial charge in [0.15, 0.2) is 0 Å². The summed E-state index contributed by atoms with van der Waals surface area (Å²) in [5.41, 5.74) is -1.49. The van der Waals surface area contributed by atoms with Crippen LogP contribution >= 0.6 is 22.6 Å². The Bertz CT molecular complexity index is 509. The number of aliphatic hydroxyl groups is 1. The molecule has 0 aliphatic carbocycles. The number of nitrogens with one attached hydrogen (secondary N) is 2. The molecule has 2 unspecified atom stereocenters. The van der Waals surface area contributed by atoms with E-state index in [-0.39, 0.29) is 12.2 Å². The van der Waals surface area contributed by atoms with Crippen molar-refractivity contribution in [3.63, 3.8) is 0 Å². The Hall–Kier alpha value is -1.16. The minimum atomic E-state index is -1.34. The standard InChI is InChI=1S/C9H11IN2O5/c1-2-17-8(15)5(10)6(13)4-3-11-9(16)12-7(4)14/h3,5-6,13H,2H2,1H3,(H2,11,12,14,16). The van der Waals surface area contributed by atoms with Gasteiger partial charge in [0.25, 0.3) is 5.56 Å². The number of ether oxygens (including phenoxy) is 1. The first-order valence-electron chi connectivity index (χ1n) is 4.78. The van der Waals surface area contributed by atoms with Gasteiger partial charge in [0.05, 0.1) is 12.2 Å². The Morgan fingerprint density at radius 2 is 2.24 bits per heavy atom. The van der Waals surface area contributed by atoms with Crippen LogP contribution in [0.25, 0.3) is 0 Å². The molecule has 0 saturated heterocycles. The highest BCUT2D eigenvalue weighted by atomic mass is 127. The monoisotopic (exact) mass is 354 g/mol. The summed E-state index contributed by atoms with van der Waals surface area (Å²) in [5, 5.41) is 9.81. The number of esters is 1. The van der Waals surface area contributed by atoms with Crippen LogP contribution in [0.3, 0.4) is 0 Å². The molecule has 94 valence electrons. The maximum Gasteiger partial charge on any atom is 0.325 e. The molecule has 0 aliphatic rings. The summed E-state index contributed by atoms with van der Waals surface area (Å²) in [6, 6.07) is 0. The molecule has 8 heteroatoms. The zero-order valence-corrected chi connectivity index (χ0v) is 11.1. The molecule has 2 atom stereocenters. The summed E-state index contributed by atoms with van der Waals surface area (Å²) >= 11 is 1.68. The average Bonchev–Trinajstić information content (AvgIpc) is 2.27. The van der Waals surface area contributed by atoms with Gasteiger partial charge in [0.1, 0.15) is 10.0 Å². The Balaban J connectivity index is 2.96. The molecule has 0 saturated carbocycles. The van der Waals surface area contributed by atoms with Crippen LogP contribution in [-0.4, -0.2) is 31.6 Å². The van der Waals surface area contributed by atoms with E-state index < -0.39 is 27.2 Å². The van der Waals surface area contributed by atoms with Crippen molar-refractivity contribution in [3.8, 4) is 0 Å². The summed E-state index contributed by atoms with van der Waals surface area (Å²) in [5.74, 6) is -0.619. The van der Waals surface area contributed by atoms with E-state index in [0.717, 1.165) is 6.20 Å². The predicted octanol–water partition coefficient (Wildman–Crippen LogP) is -0.537. The van der Waals surface area contributed by atoms with Crippen molar-refractivity contribution in [1.29, 1.82) is 0 Å². The van der Waals surface area contributed by atoms with Crippen LogP contribution in [0.2, 0.25) is 0 Å². The van der Waals surface area contributed by atoms with Gasteiger partial charge >= 0.3 is 11.7 Å². The molecule has 0 bridgehead atoms. The third kappa shape index (κ3) is 3.40. The topological polar surface area (TPSA) is 112 Å². The van der Waals surface area contributed by atoms with E-state index in [1.54, 1.807) is 29.5 Å². The fraction of sp³-hybridized carbons (Fsp3) is 0.444. The molecule has 0 aliphatic heterocycles. The Morgan fingerprint density at radius 3 is 2.76 bits per heavy atom. The fourth-order valence-corrected chi connectivity index (χ4v) is 1.72. The Kier molecular flexibility index (Phi) is 4.87. The van der Waals surface area contributed by atoms with Crippen LogP contribution in [-0.2, 0) is 9.53 Å². The molecule has 1 rings (SSSR count). The number of hydrogen-bond acceptors (Lipinski definition) is 5. The van der Waals surface area contributed by atoms with Crippen molar-refractivity contribution in [1.82, 2.24) is 9.97 Å². The molecule has 0 spiro atoms. The normalized spacial score (nSPS) is 14.1. The minimum absolute atomic E-state index is 0.0861. The molecule has 3 N–H and O–H groups in total. The van der Waals surface area contributed by atoms with Gasteiger partial charge in [-0.3, -0.25) is 14.6 Å². The summed E-state index contributed by atoms with van der Waals surface area (Å²) < 4.78 is 3.80. The minimum Gasteiger partial charge on any atom is -0.465 e. The first kappa shape index (κ1) is 13.9. The number of alkyl halides is 1. The number of H-pyrrole nitrogens is 2. The summed E-state index contributed by atoms with van der Waals surface area (Å²) in [4.78, 5) is 37.7. The van der Waals surface area contributed by atoms with E-state index in [2.05, 4.69) is 4.98 Å². The molecular formula is C9H11IN2O5. The first-order chi connectivity index (χ1) is 7.97. The van der Waals surface area contributed by atoms with Gasteiger partial charge in [-0.05, 0) is 6.92 Å². The second kappa shape index (κ2) is 5.96. The molecule has 0 amide bonds. The highest BCUT2D eigenvalue weighted by molar-refractivity contribution is 14.1. The van der Waals surface area contributed by atoms with Crippen molar-refractivity contribution >= 4 is 28.6 Å². The van der Waals surface area contributed by atoms with Crippen LogP contribution in [0.4, 0.5) is 0 Å². The van der Waals surface area contributed by atoms with E-state index in [1.165, 1.54) is 0 Å². The van der Waals surface area contributed by atoms with Gasteiger partial charge in [0, 0.05) is 6.20 Å². The van der Waals surface area contributed by atoms with Crippen LogP contribution in [0.15, 0.2) is 15.8 Å². The van der Waals surface area contributed by atoms with Gasteiger partial charge in [-0.15, -0.1) is 0 Å². The van der Waals surface area contributed by atoms with Crippen LogP contribution < -0.4 is 11.2 Å². The number of aromatic amines is 2. The zero-order valence-electron chi connectivity index (χ0n) is 8.90. The first-order valence-corrected chi connectivity index (χ1v) is 6.02. The van der Waals surface area contributed by atoms with E-state index in [0.29, 0.717) is 0 Å². The van der Waals surface area contributed by atoms with Crippen molar-refractivity contribution in [3.05, 3.63) is 32.6 Å². The molecule has 1 aromatic heterocycles. The zero-order chi connectivity index (χ0) is 13.0. The van der Waals surface area contributed by atoms with Gasteiger partial charge < -0.3 is 14.8 Å². The smallest absolute Gasteiger partial charge is 0.325 e. The lowest BCUT2D eigenvalue weighted by Gasteiger charge is -2.14. The Labute approximate surface area is 109 Å². The predicted molar refractivity (Wildman–Crippen MR) is 67.1 cm³/mol. The number of aromatic nitrogens is 2. The SMILES string of the molecule is CCOC(=O)C(I)C(O)c1c[nH]c(=O)[nH]c1=O. The molecule has 7 nitrogen and oxygen atoms in total. The number of aliphatic hydroxyl groups excluding tert-OH is 1. The summed E-state index contributed by atoms with van der Waals surface area (Å²) in [6.07, 6.45) is -0.258. The van der Waals surface area contributed by atoms with Crippen molar-refractivity contribution < 1.29 is 14.6 Å². The average molecular weight is 354 g/mol. The molecule has 1 aromatic rings. The van der Waals surface area contributed by atoms with Crippen molar-refractivity contribution in [2.24, 2.45) is 0 Å². The third-order valence-corrected chi connectivity index (χ3v) is 3.15. The highest BCUT2D eigenvalue weighted by Gasteiger charge is 2.28. The van der Waals surface area contributed by atoms with Gasteiger partial charge in [0.2, 0.25) is 0 Å². The maximum atomic E-state index is 11.4. The van der Waals surface area contributed by atoms with Crippen LogP contribution in [0.1, 0.15) is 18.6 Å². The second-order valence-electron chi connectivity index (χ2n) is 3.13. The van der Waals surface area contributed by atoms with Gasteiger partial charge in [-0.25, -0.2) is 4.79 Å². The van der Waals surface area contributed by atoms with Crippen molar-refractivity contribution in [2.75, 3.05) is 6.61 Å². The van der Waals surface area contributed by atoms with E-state index in [9.17, 15) is 19.5 Å². The largest absolute Gasteiger partial charge is 0.465 e. The lowest BCUT2D eigenvalue weighted by atomic mass is 10.1. The quantitative estimate of drug-likeness (QED) is 0.382. The Morgan fingerprint density at radius 1 is 1.59 bits per heavy atom. The maximum absolute atomic E-state index is 11.4. The highest BCUT2D eigenvalue weighted by Crippen LogP contribution is 2.20. The third-order valence-electron chi connectivity index (χ3n) is 1.96. The van der Waals surface area contributed by atoms with E-state index in [4.69, 9.17) is 4.74 Å². The number of carbonyl (C=O) groups is 1. The molecule has 1 heterocycles. The molecule has 17 heavy (non-hydrogen) atoms. The molecular weight excluding hydrogens is 343 g/mol. The lowest BCUT2D eigenvalue weighted by Crippen LogP contribution is -2.32. The van der Waals surface area contributed by atoms with Crippen molar-refractivity contribution in [2.45, 2.75) is 17.0 Å². The summed E-state index contributed by atoms with van der Waals surface area (Å²) in [6.45, 7) is 1.83. The number of carbonyl (C=O) groups excluding carboxylic acids is 1. The second-order valence-corrected chi connectivity index (χ2v) is 4.47. The number of halogens is 1. The van der Waals surface area contributed by atoms with Gasteiger partial charge in [-0.2, -0.15) is 0 Å². The fourth-order valence-electron chi connectivity index (χ4n) is 1.15. The van der Waals surface area contributed by atoms with E-state index >= 15 is 0 Å². The van der Waals surface area contributed by atoms with Crippen LogP contribution in [0.5, 0.6) is 0 Å². The van der Waals surface area contributed by atoms with E-state index in [1.807, 2.05) is 4.98 Å². The molecule has 0 fully saturated rings. The lowest BCUT2D eigenvalue weighted by molar-refractivity contribution is -0.144. The molecule has 0 radical (unpaired) electrons.